The standard InChI is InChI=1S/C21H26FN3O/c1-16(2)17-3-7-19(8-4-17)23-21(26)15-24-11-13-25(14-12-24)20-9-5-18(22)6-10-20/h3-10,16H,11-15H2,1-2H3,(H,23,26)/p+1. The van der Waals surface area contributed by atoms with Crippen LogP contribution in [0.5, 0.6) is 0 Å². The Labute approximate surface area is 154 Å². The third-order valence-corrected chi connectivity index (χ3v) is 4.93. The lowest BCUT2D eigenvalue weighted by Crippen LogP contribution is -3.15. The van der Waals surface area contributed by atoms with Crippen molar-refractivity contribution >= 4 is 17.3 Å². The number of piperazine rings is 1. The first-order chi connectivity index (χ1) is 12.5. The second-order valence-electron chi connectivity index (χ2n) is 7.22. The van der Waals surface area contributed by atoms with Crippen LogP contribution in [0.4, 0.5) is 15.8 Å². The molecule has 1 aliphatic heterocycles. The molecule has 2 N–H and O–H groups in total. The minimum atomic E-state index is -0.212. The normalized spacial score (nSPS) is 15.3. The summed E-state index contributed by atoms with van der Waals surface area (Å²) in [6.07, 6.45) is 0. The Balaban J connectivity index is 1.46. The molecule has 0 unspecified atom stereocenters. The highest BCUT2D eigenvalue weighted by Gasteiger charge is 2.22. The third-order valence-electron chi connectivity index (χ3n) is 4.93. The molecule has 3 rings (SSSR count). The first-order valence-corrected chi connectivity index (χ1v) is 9.25. The van der Waals surface area contributed by atoms with Crippen molar-refractivity contribution in [1.82, 2.24) is 0 Å². The summed E-state index contributed by atoms with van der Waals surface area (Å²) in [5.41, 5.74) is 3.16. The van der Waals surface area contributed by atoms with Gasteiger partial charge < -0.3 is 15.1 Å². The Kier molecular flexibility index (Phi) is 5.89. The van der Waals surface area contributed by atoms with E-state index < -0.39 is 0 Å². The highest BCUT2D eigenvalue weighted by molar-refractivity contribution is 5.91. The van der Waals surface area contributed by atoms with Gasteiger partial charge in [0, 0.05) is 11.4 Å². The van der Waals surface area contributed by atoms with Crippen LogP contribution in [0.2, 0.25) is 0 Å². The summed E-state index contributed by atoms with van der Waals surface area (Å²) in [5, 5.41) is 2.99. The largest absolute Gasteiger partial charge is 0.360 e. The Morgan fingerprint density at radius 1 is 1.08 bits per heavy atom. The number of carbonyl (C=O) groups excluding carboxylic acids is 1. The fourth-order valence-corrected chi connectivity index (χ4v) is 3.29. The van der Waals surface area contributed by atoms with Gasteiger partial charge in [0.05, 0.1) is 26.2 Å². The van der Waals surface area contributed by atoms with E-state index >= 15 is 0 Å². The van der Waals surface area contributed by atoms with E-state index in [1.807, 2.05) is 24.3 Å². The van der Waals surface area contributed by atoms with Gasteiger partial charge in [-0.3, -0.25) is 4.79 Å². The fourth-order valence-electron chi connectivity index (χ4n) is 3.29. The number of nitrogens with one attached hydrogen (secondary N) is 2. The highest BCUT2D eigenvalue weighted by atomic mass is 19.1. The Bertz CT molecular complexity index is 720. The number of hydrogen-bond acceptors (Lipinski definition) is 2. The molecule has 1 heterocycles. The van der Waals surface area contributed by atoms with Crippen molar-refractivity contribution < 1.29 is 14.1 Å². The topological polar surface area (TPSA) is 36.8 Å². The molecule has 26 heavy (non-hydrogen) atoms. The molecule has 2 aromatic rings. The molecule has 0 aliphatic carbocycles. The van der Waals surface area contributed by atoms with Crippen LogP contribution in [0.3, 0.4) is 0 Å². The summed E-state index contributed by atoms with van der Waals surface area (Å²) < 4.78 is 13.0. The molecule has 1 saturated heterocycles. The molecule has 4 nitrogen and oxygen atoms in total. The lowest BCUT2D eigenvalue weighted by Gasteiger charge is -2.33. The van der Waals surface area contributed by atoms with Gasteiger partial charge in [0.1, 0.15) is 5.82 Å². The van der Waals surface area contributed by atoms with Crippen LogP contribution in [0, 0.1) is 5.82 Å². The van der Waals surface area contributed by atoms with Gasteiger partial charge in [0.2, 0.25) is 0 Å². The summed E-state index contributed by atoms with van der Waals surface area (Å²) >= 11 is 0. The van der Waals surface area contributed by atoms with Crippen molar-refractivity contribution in [3.63, 3.8) is 0 Å². The number of halogens is 1. The second-order valence-corrected chi connectivity index (χ2v) is 7.22. The van der Waals surface area contributed by atoms with Crippen LogP contribution in [0.25, 0.3) is 0 Å². The lowest BCUT2D eigenvalue weighted by atomic mass is 10.0. The number of hydrogen-bond donors (Lipinski definition) is 2. The van der Waals surface area contributed by atoms with E-state index in [2.05, 4.69) is 36.2 Å². The van der Waals surface area contributed by atoms with Gasteiger partial charge in [-0.25, -0.2) is 4.39 Å². The van der Waals surface area contributed by atoms with Gasteiger partial charge in [-0.15, -0.1) is 0 Å². The summed E-state index contributed by atoms with van der Waals surface area (Å²) in [6, 6.07) is 14.7. The number of benzene rings is 2. The Hall–Kier alpha value is -2.40. The number of rotatable bonds is 5. The maximum Gasteiger partial charge on any atom is 0.279 e. The van der Waals surface area contributed by atoms with Gasteiger partial charge in [0.25, 0.3) is 5.91 Å². The van der Waals surface area contributed by atoms with Crippen LogP contribution in [-0.4, -0.2) is 38.6 Å². The number of nitrogens with zero attached hydrogens (tertiary/aromatic N) is 1. The smallest absolute Gasteiger partial charge is 0.279 e. The van der Waals surface area contributed by atoms with Gasteiger partial charge in [-0.1, -0.05) is 26.0 Å². The number of carbonyl (C=O) groups is 1. The summed E-state index contributed by atoms with van der Waals surface area (Å²) in [6.45, 7) is 8.33. The van der Waals surface area contributed by atoms with E-state index in [0.717, 1.165) is 37.6 Å². The maximum absolute atomic E-state index is 13.0. The van der Waals surface area contributed by atoms with E-state index in [4.69, 9.17) is 0 Å². The van der Waals surface area contributed by atoms with Gasteiger partial charge in [-0.05, 0) is 47.9 Å². The van der Waals surface area contributed by atoms with Crippen LogP contribution < -0.4 is 15.1 Å². The van der Waals surface area contributed by atoms with Crippen molar-refractivity contribution in [1.29, 1.82) is 0 Å². The molecule has 138 valence electrons. The molecule has 0 bridgehead atoms. The van der Waals surface area contributed by atoms with Crippen molar-refractivity contribution in [3.05, 3.63) is 59.9 Å². The first-order valence-electron chi connectivity index (χ1n) is 9.25. The molecule has 0 saturated carbocycles. The molecular weight excluding hydrogens is 329 g/mol. The molecule has 0 aromatic heterocycles. The van der Waals surface area contributed by atoms with Crippen molar-refractivity contribution in [3.8, 4) is 0 Å². The quantitative estimate of drug-likeness (QED) is 0.863. The zero-order chi connectivity index (χ0) is 18.5. The fraction of sp³-hybridized carbons (Fsp3) is 0.381. The van der Waals surface area contributed by atoms with Gasteiger partial charge in [-0.2, -0.15) is 0 Å². The van der Waals surface area contributed by atoms with E-state index in [-0.39, 0.29) is 11.7 Å². The summed E-state index contributed by atoms with van der Waals surface area (Å²) in [4.78, 5) is 15.8. The minimum absolute atomic E-state index is 0.0486. The Morgan fingerprint density at radius 3 is 2.27 bits per heavy atom. The molecule has 0 spiro atoms. The van der Waals surface area contributed by atoms with E-state index in [0.29, 0.717) is 12.5 Å². The number of quaternary nitrogens is 1. The minimum Gasteiger partial charge on any atom is -0.360 e. The molecule has 1 fully saturated rings. The first kappa shape index (κ1) is 18.4. The van der Waals surface area contributed by atoms with E-state index in [1.165, 1.54) is 22.6 Å². The average molecular weight is 356 g/mol. The molecule has 0 atom stereocenters. The average Bonchev–Trinajstić information content (AvgIpc) is 2.63. The molecular formula is C21H27FN3O+. The molecule has 1 aliphatic rings. The van der Waals surface area contributed by atoms with E-state index in [1.54, 1.807) is 0 Å². The van der Waals surface area contributed by atoms with Crippen molar-refractivity contribution in [2.24, 2.45) is 0 Å². The highest BCUT2D eigenvalue weighted by Crippen LogP contribution is 2.17. The predicted molar refractivity (Wildman–Crippen MR) is 103 cm³/mol. The zero-order valence-corrected chi connectivity index (χ0v) is 15.5. The summed E-state index contributed by atoms with van der Waals surface area (Å²) in [7, 11) is 0. The number of anilines is 2. The Morgan fingerprint density at radius 2 is 1.69 bits per heavy atom. The third kappa shape index (κ3) is 4.82. The predicted octanol–water partition coefficient (Wildman–Crippen LogP) is 2.29. The second kappa shape index (κ2) is 8.32. The van der Waals surface area contributed by atoms with Crippen molar-refractivity contribution in [2.75, 3.05) is 42.9 Å². The monoisotopic (exact) mass is 356 g/mol. The maximum atomic E-state index is 13.0. The molecule has 5 heteroatoms. The zero-order valence-electron chi connectivity index (χ0n) is 15.5. The SMILES string of the molecule is CC(C)c1ccc(NC(=O)C[NH+]2CCN(c3ccc(F)cc3)CC2)cc1. The van der Waals surface area contributed by atoms with Crippen LogP contribution in [0.15, 0.2) is 48.5 Å². The summed E-state index contributed by atoms with van der Waals surface area (Å²) in [5.74, 6) is 0.324. The number of amides is 1. The van der Waals surface area contributed by atoms with Gasteiger partial charge in [0.15, 0.2) is 6.54 Å². The van der Waals surface area contributed by atoms with Crippen LogP contribution >= 0.6 is 0 Å². The van der Waals surface area contributed by atoms with Crippen LogP contribution in [-0.2, 0) is 4.79 Å². The molecule has 2 aromatic carbocycles. The van der Waals surface area contributed by atoms with Crippen molar-refractivity contribution in [2.45, 2.75) is 19.8 Å². The molecule has 0 radical (unpaired) electrons. The lowest BCUT2D eigenvalue weighted by molar-refractivity contribution is -0.892. The molecule has 1 amide bonds. The van der Waals surface area contributed by atoms with E-state index in [9.17, 15) is 9.18 Å². The van der Waals surface area contributed by atoms with Gasteiger partial charge >= 0.3 is 0 Å². The van der Waals surface area contributed by atoms with Crippen LogP contribution in [0.1, 0.15) is 25.3 Å².